The van der Waals surface area contributed by atoms with Gasteiger partial charge in [0.1, 0.15) is 11.6 Å². The Hall–Kier alpha value is -2.42. The number of nitrogens with zero attached hydrogens (tertiary/aromatic N) is 4. The molecule has 1 fully saturated rings. The SMILES string of the molecule is FC(F)(F)c1cc(Nc2ccccn2)nc(N2CCNCC2)n1. The smallest absolute Gasteiger partial charge is 0.338 e. The van der Waals surface area contributed by atoms with E-state index in [9.17, 15) is 13.2 Å². The van der Waals surface area contributed by atoms with Crippen molar-refractivity contribution in [1.29, 1.82) is 0 Å². The minimum Gasteiger partial charge on any atom is -0.338 e. The van der Waals surface area contributed by atoms with Crippen LogP contribution in [-0.2, 0) is 6.18 Å². The highest BCUT2D eigenvalue weighted by Gasteiger charge is 2.34. The van der Waals surface area contributed by atoms with E-state index in [4.69, 9.17) is 0 Å². The van der Waals surface area contributed by atoms with Gasteiger partial charge in [-0.15, -0.1) is 0 Å². The molecule has 6 nitrogen and oxygen atoms in total. The van der Waals surface area contributed by atoms with Gasteiger partial charge < -0.3 is 15.5 Å². The van der Waals surface area contributed by atoms with Crippen molar-refractivity contribution in [3.63, 3.8) is 0 Å². The van der Waals surface area contributed by atoms with Gasteiger partial charge in [-0.2, -0.15) is 18.2 Å². The second-order valence-corrected chi connectivity index (χ2v) is 5.01. The fourth-order valence-electron chi connectivity index (χ4n) is 2.22. The maximum absolute atomic E-state index is 13.1. The first-order chi connectivity index (χ1) is 11.0. The molecule has 2 aromatic heterocycles. The summed E-state index contributed by atoms with van der Waals surface area (Å²) in [6, 6.07) is 6.00. The van der Waals surface area contributed by atoms with Crippen molar-refractivity contribution in [2.75, 3.05) is 36.4 Å². The Morgan fingerprint density at radius 1 is 1.09 bits per heavy atom. The van der Waals surface area contributed by atoms with Crippen LogP contribution in [0.1, 0.15) is 5.69 Å². The minimum absolute atomic E-state index is 0.0690. The molecule has 122 valence electrons. The molecule has 0 saturated carbocycles. The molecule has 0 amide bonds. The van der Waals surface area contributed by atoms with Crippen molar-refractivity contribution >= 4 is 17.6 Å². The number of hydrogen-bond donors (Lipinski definition) is 2. The number of aromatic nitrogens is 3. The van der Waals surface area contributed by atoms with E-state index < -0.39 is 11.9 Å². The quantitative estimate of drug-likeness (QED) is 0.901. The van der Waals surface area contributed by atoms with Gasteiger partial charge in [0, 0.05) is 38.4 Å². The van der Waals surface area contributed by atoms with Gasteiger partial charge >= 0.3 is 6.18 Å². The standard InChI is InChI=1S/C14H15F3N6/c15-14(16,17)10-9-12(21-11-3-1-2-4-19-11)22-13(20-10)23-7-5-18-6-8-23/h1-4,9,18H,5-8H2,(H,19,20,21,22). The molecule has 9 heteroatoms. The molecule has 0 bridgehead atoms. The zero-order valence-electron chi connectivity index (χ0n) is 12.1. The highest BCUT2D eigenvalue weighted by atomic mass is 19.4. The molecule has 0 spiro atoms. The normalized spacial score (nSPS) is 15.5. The first-order valence-electron chi connectivity index (χ1n) is 7.12. The third-order valence-corrected chi connectivity index (χ3v) is 3.33. The van der Waals surface area contributed by atoms with Crippen LogP contribution in [0.4, 0.5) is 30.8 Å². The van der Waals surface area contributed by atoms with Crippen LogP contribution in [0.2, 0.25) is 0 Å². The Morgan fingerprint density at radius 2 is 1.87 bits per heavy atom. The van der Waals surface area contributed by atoms with Crippen LogP contribution in [0.25, 0.3) is 0 Å². The van der Waals surface area contributed by atoms with Crippen molar-refractivity contribution in [2.45, 2.75) is 6.18 Å². The molecule has 1 saturated heterocycles. The summed E-state index contributed by atoms with van der Waals surface area (Å²) in [5.74, 6) is 0.560. The average Bonchev–Trinajstić information content (AvgIpc) is 2.55. The predicted molar refractivity (Wildman–Crippen MR) is 79.6 cm³/mol. The summed E-state index contributed by atoms with van der Waals surface area (Å²) in [5.41, 5.74) is -0.973. The van der Waals surface area contributed by atoms with Crippen LogP contribution in [0, 0.1) is 0 Å². The summed E-state index contributed by atoms with van der Waals surface area (Å²) in [5, 5.41) is 5.93. The summed E-state index contributed by atoms with van der Waals surface area (Å²) >= 11 is 0. The van der Waals surface area contributed by atoms with E-state index in [-0.39, 0.29) is 11.8 Å². The van der Waals surface area contributed by atoms with Crippen molar-refractivity contribution in [1.82, 2.24) is 20.3 Å². The van der Waals surface area contributed by atoms with Crippen LogP contribution in [0.5, 0.6) is 0 Å². The number of pyridine rings is 1. The zero-order chi connectivity index (χ0) is 16.3. The molecule has 0 atom stereocenters. The number of rotatable bonds is 3. The average molecular weight is 324 g/mol. The topological polar surface area (TPSA) is 66.0 Å². The Labute approximate surface area is 130 Å². The summed E-state index contributed by atoms with van der Waals surface area (Å²) in [4.78, 5) is 13.6. The maximum atomic E-state index is 13.1. The molecule has 0 unspecified atom stereocenters. The van der Waals surface area contributed by atoms with E-state index in [1.807, 2.05) is 0 Å². The predicted octanol–water partition coefficient (Wildman–Crippen LogP) is 2.04. The van der Waals surface area contributed by atoms with Crippen LogP contribution in [-0.4, -0.2) is 41.1 Å². The molecule has 3 rings (SSSR count). The molecule has 1 aliphatic rings. The van der Waals surface area contributed by atoms with Gasteiger partial charge in [-0.05, 0) is 12.1 Å². The molecule has 3 heterocycles. The lowest BCUT2D eigenvalue weighted by Crippen LogP contribution is -2.44. The molecular weight excluding hydrogens is 309 g/mol. The van der Waals surface area contributed by atoms with Crippen LogP contribution < -0.4 is 15.5 Å². The summed E-state index contributed by atoms with van der Waals surface area (Å²) in [6.45, 7) is 2.49. The van der Waals surface area contributed by atoms with E-state index in [1.165, 1.54) is 0 Å². The zero-order valence-corrected chi connectivity index (χ0v) is 12.1. The van der Waals surface area contributed by atoms with Crippen molar-refractivity contribution in [3.05, 3.63) is 36.2 Å². The summed E-state index contributed by atoms with van der Waals surface area (Å²) in [6.07, 6.45) is -2.99. The first-order valence-corrected chi connectivity index (χ1v) is 7.12. The fraction of sp³-hybridized carbons (Fsp3) is 0.357. The van der Waals surface area contributed by atoms with E-state index >= 15 is 0 Å². The largest absolute Gasteiger partial charge is 0.433 e. The van der Waals surface area contributed by atoms with Gasteiger partial charge in [0.15, 0.2) is 5.69 Å². The lowest BCUT2D eigenvalue weighted by molar-refractivity contribution is -0.141. The third-order valence-electron chi connectivity index (χ3n) is 3.33. The highest BCUT2D eigenvalue weighted by Crippen LogP contribution is 2.31. The van der Waals surface area contributed by atoms with Crippen molar-refractivity contribution in [3.8, 4) is 0 Å². The lowest BCUT2D eigenvalue weighted by atomic mass is 10.3. The van der Waals surface area contributed by atoms with Gasteiger partial charge in [-0.25, -0.2) is 9.97 Å². The molecule has 2 aromatic rings. The lowest BCUT2D eigenvalue weighted by Gasteiger charge is -2.28. The van der Waals surface area contributed by atoms with E-state index in [1.54, 1.807) is 29.3 Å². The monoisotopic (exact) mass is 324 g/mol. The van der Waals surface area contributed by atoms with Gasteiger partial charge in [-0.3, -0.25) is 0 Å². The van der Waals surface area contributed by atoms with Crippen LogP contribution >= 0.6 is 0 Å². The summed E-state index contributed by atoms with van der Waals surface area (Å²) < 4.78 is 39.3. The molecule has 0 aromatic carbocycles. The van der Waals surface area contributed by atoms with Crippen LogP contribution in [0.3, 0.4) is 0 Å². The number of alkyl halides is 3. The van der Waals surface area contributed by atoms with Crippen molar-refractivity contribution in [2.24, 2.45) is 0 Å². The van der Waals surface area contributed by atoms with Crippen molar-refractivity contribution < 1.29 is 13.2 Å². The molecule has 0 aliphatic carbocycles. The second kappa shape index (κ2) is 6.37. The van der Waals surface area contributed by atoms with E-state index in [0.717, 1.165) is 6.07 Å². The number of hydrogen-bond acceptors (Lipinski definition) is 6. The van der Waals surface area contributed by atoms with Gasteiger partial charge in [0.25, 0.3) is 0 Å². The van der Waals surface area contributed by atoms with Gasteiger partial charge in [-0.1, -0.05) is 6.07 Å². The Balaban J connectivity index is 1.94. The summed E-state index contributed by atoms with van der Waals surface area (Å²) in [7, 11) is 0. The molecular formula is C14H15F3N6. The fourth-order valence-corrected chi connectivity index (χ4v) is 2.22. The third kappa shape index (κ3) is 3.86. The number of piperazine rings is 1. The van der Waals surface area contributed by atoms with E-state index in [2.05, 4.69) is 25.6 Å². The maximum Gasteiger partial charge on any atom is 0.433 e. The molecule has 23 heavy (non-hydrogen) atoms. The first kappa shape index (κ1) is 15.5. The van der Waals surface area contributed by atoms with Gasteiger partial charge in [0.05, 0.1) is 0 Å². The Bertz CT molecular complexity index is 655. The second-order valence-electron chi connectivity index (χ2n) is 5.01. The highest BCUT2D eigenvalue weighted by molar-refractivity contribution is 5.54. The minimum atomic E-state index is -4.54. The van der Waals surface area contributed by atoms with Gasteiger partial charge in [0.2, 0.25) is 5.95 Å². The molecule has 0 radical (unpaired) electrons. The molecule has 2 N–H and O–H groups in total. The number of anilines is 3. The number of halogens is 3. The van der Waals surface area contributed by atoms with Crippen LogP contribution in [0.15, 0.2) is 30.5 Å². The Morgan fingerprint density at radius 3 is 2.52 bits per heavy atom. The number of nitrogens with one attached hydrogen (secondary N) is 2. The molecule has 1 aliphatic heterocycles. The Kier molecular flexibility index (Phi) is 4.28. The van der Waals surface area contributed by atoms with E-state index in [0.29, 0.717) is 32.0 Å².